The lowest BCUT2D eigenvalue weighted by atomic mass is 10.4. The summed E-state index contributed by atoms with van der Waals surface area (Å²) in [6, 6.07) is 1.93. The molecule has 0 spiro atoms. The van der Waals surface area contributed by atoms with E-state index >= 15 is 0 Å². The van der Waals surface area contributed by atoms with Crippen molar-refractivity contribution in [3.8, 4) is 0 Å². The molecule has 0 radical (unpaired) electrons. The van der Waals surface area contributed by atoms with E-state index in [0.717, 1.165) is 22.6 Å². The van der Waals surface area contributed by atoms with Crippen molar-refractivity contribution in [2.75, 3.05) is 6.54 Å². The molecule has 0 aliphatic heterocycles. The standard InChI is InChI=1S/C11H16ClNO2S2/c1-3-13(9-4-5-9)17(14,15)11-6-10(7-12)16-8(11)2/h6,9H,3-5,7H2,1-2H3. The SMILES string of the molecule is CCN(C1CC1)S(=O)(=O)c1cc(CCl)sc1C. The fourth-order valence-electron chi connectivity index (χ4n) is 1.96. The summed E-state index contributed by atoms with van der Waals surface area (Å²) in [5.41, 5.74) is 0. The van der Waals surface area contributed by atoms with Crippen LogP contribution in [0, 0.1) is 6.92 Å². The average Bonchev–Trinajstić information content (AvgIpc) is 3.01. The van der Waals surface area contributed by atoms with E-state index in [-0.39, 0.29) is 6.04 Å². The van der Waals surface area contributed by atoms with Crippen molar-refractivity contribution in [2.24, 2.45) is 0 Å². The van der Waals surface area contributed by atoms with Crippen LogP contribution in [0.3, 0.4) is 0 Å². The van der Waals surface area contributed by atoms with Gasteiger partial charge in [0.2, 0.25) is 10.0 Å². The number of sulfonamides is 1. The Hall–Kier alpha value is -0.100. The lowest BCUT2D eigenvalue weighted by Crippen LogP contribution is -2.33. The molecule has 1 aromatic rings. The molecule has 1 aromatic heterocycles. The molecule has 0 saturated heterocycles. The maximum Gasteiger partial charge on any atom is 0.244 e. The summed E-state index contributed by atoms with van der Waals surface area (Å²) in [5.74, 6) is 0.372. The first-order chi connectivity index (χ1) is 8.00. The molecule has 1 aliphatic carbocycles. The average molecular weight is 294 g/mol. The van der Waals surface area contributed by atoms with Crippen LogP contribution < -0.4 is 0 Å². The zero-order valence-corrected chi connectivity index (χ0v) is 12.3. The normalized spacial score (nSPS) is 16.7. The molecule has 2 rings (SSSR count). The number of aryl methyl sites for hydroxylation is 1. The summed E-state index contributed by atoms with van der Waals surface area (Å²) in [4.78, 5) is 2.18. The molecule has 1 fully saturated rings. The molecule has 17 heavy (non-hydrogen) atoms. The first-order valence-corrected chi connectivity index (χ1v) is 8.47. The predicted octanol–water partition coefficient (Wildman–Crippen LogP) is 2.97. The van der Waals surface area contributed by atoms with Gasteiger partial charge in [-0.1, -0.05) is 6.92 Å². The molecule has 0 bridgehead atoms. The van der Waals surface area contributed by atoms with Gasteiger partial charge < -0.3 is 0 Å². The Bertz CT molecular complexity index is 506. The number of alkyl halides is 1. The van der Waals surface area contributed by atoms with E-state index in [9.17, 15) is 8.42 Å². The number of halogens is 1. The molecule has 3 nitrogen and oxygen atoms in total. The number of rotatable bonds is 5. The van der Waals surface area contributed by atoms with Gasteiger partial charge in [-0.3, -0.25) is 0 Å². The first kappa shape index (κ1) is 13.3. The van der Waals surface area contributed by atoms with Crippen molar-refractivity contribution in [2.45, 2.75) is 43.5 Å². The van der Waals surface area contributed by atoms with Crippen molar-refractivity contribution in [3.05, 3.63) is 15.8 Å². The fourth-order valence-corrected chi connectivity index (χ4v) is 5.35. The molecule has 0 amide bonds. The van der Waals surface area contributed by atoms with Gasteiger partial charge in [0.15, 0.2) is 0 Å². The summed E-state index contributed by atoms with van der Waals surface area (Å²) in [6.45, 7) is 4.27. The van der Waals surface area contributed by atoms with Gasteiger partial charge >= 0.3 is 0 Å². The summed E-state index contributed by atoms with van der Waals surface area (Å²) in [5, 5.41) is 0. The van der Waals surface area contributed by atoms with Crippen LogP contribution in [0.1, 0.15) is 29.5 Å². The van der Waals surface area contributed by atoms with E-state index in [4.69, 9.17) is 11.6 Å². The maximum atomic E-state index is 12.5. The van der Waals surface area contributed by atoms with Crippen LogP contribution in [0.5, 0.6) is 0 Å². The highest BCUT2D eigenvalue weighted by Gasteiger charge is 2.37. The van der Waals surface area contributed by atoms with Crippen LogP contribution in [0.4, 0.5) is 0 Å². The molecule has 0 aromatic carbocycles. The number of nitrogens with zero attached hydrogens (tertiary/aromatic N) is 1. The van der Waals surface area contributed by atoms with Gasteiger partial charge in [0.25, 0.3) is 0 Å². The Kier molecular flexibility index (Phi) is 3.83. The lowest BCUT2D eigenvalue weighted by molar-refractivity contribution is 0.421. The minimum absolute atomic E-state index is 0.212. The van der Waals surface area contributed by atoms with E-state index < -0.39 is 10.0 Å². The fraction of sp³-hybridized carbons (Fsp3) is 0.636. The van der Waals surface area contributed by atoms with E-state index in [1.165, 1.54) is 11.3 Å². The third-order valence-electron chi connectivity index (χ3n) is 2.91. The van der Waals surface area contributed by atoms with E-state index in [1.807, 2.05) is 13.8 Å². The number of thiophene rings is 1. The van der Waals surface area contributed by atoms with Crippen LogP contribution in [0.2, 0.25) is 0 Å². The zero-order chi connectivity index (χ0) is 12.6. The Morgan fingerprint density at radius 1 is 1.53 bits per heavy atom. The molecular formula is C11H16ClNO2S2. The van der Waals surface area contributed by atoms with Crippen LogP contribution in [-0.4, -0.2) is 25.3 Å². The summed E-state index contributed by atoms with van der Waals surface area (Å²) in [6.07, 6.45) is 1.97. The van der Waals surface area contributed by atoms with Gasteiger partial charge in [-0.25, -0.2) is 8.42 Å². The largest absolute Gasteiger partial charge is 0.244 e. The monoisotopic (exact) mass is 293 g/mol. The summed E-state index contributed by atoms with van der Waals surface area (Å²) in [7, 11) is -3.32. The minimum atomic E-state index is -3.32. The Morgan fingerprint density at radius 3 is 2.59 bits per heavy atom. The molecule has 6 heteroatoms. The maximum absolute atomic E-state index is 12.5. The van der Waals surface area contributed by atoms with Gasteiger partial charge in [0.1, 0.15) is 0 Å². The Morgan fingerprint density at radius 2 is 2.18 bits per heavy atom. The number of hydrogen-bond donors (Lipinski definition) is 0. The van der Waals surface area contributed by atoms with E-state index in [2.05, 4.69) is 0 Å². The molecular weight excluding hydrogens is 278 g/mol. The lowest BCUT2D eigenvalue weighted by Gasteiger charge is -2.19. The van der Waals surface area contributed by atoms with Crippen molar-refractivity contribution in [1.29, 1.82) is 0 Å². The first-order valence-electron chi connectivity index (χ1n) is 5.67. The Labute approximate surface area is 111 Å². The topological polar surface area (TPSA) is 37.4 Å². The third-order valence-corrected chi connectivity index (χ3v) is 6.69. The molecule has 1 saturated carbocycles. The second-order valence-electron chi connectivity index (χ2n) is 4.21. The number of hydrogen-bond acceptors (Lipinski definition) is 3. The molecule has 0 atom stereocenters. The Balaban J connectivity index is 2.39. The molecule has 0 N–H and O–H groups in total. The smallest absolute Gasteiger partial charge is 0.207 e. The molecule has 96 valence electrons. The summed E-state index contributed by atoms with van der Waals surface area (Å²) < 4.78 is 26.6. The second-order valence-corrected chi connectivity index (χ2v) is 7.67. The van der Waals surface area contributed by atoms with Gasteiger partial charge in [-0.05, 0) is 25.8 Å². The van der Waals surface area contributed by atoms with Crippen LogP contribution >= 0.6 is 22.9 Å². The van der Waals surface area contributed by atoms with Gasteiger partial charge in [0, 0.05) is 22.3 Å². The zero-order valence-electron chi connectivity index (χ0n) is 9.94. The minimum Gasteiger partial charge on any atom is -0.207 e. The van der Waals surface area contributed by atoms with E-state index in [1.54, 1.807) is 10.4 Å². The van der Waals surface area contributed by atoms with Crippen LogP contribution in [0.15, 0.2) is 11.0 Å². The summed E-state index contributed by atoms with van der Waals surface area (Å²) >= 11 is 7.22. The van der Waals surface area contributed by atoms with Crippen molar-refractivity contribution < 1.29 is 8.42 Å². The van der Waals surface area contributed by atoms with Crippen LogP contribution in [0.25, 0.3) is 0 Å². The van der Waals surface area contributed by atoms with E-state index in [0.29, 0.717) is 17.3 Å². The van der Waals surface area contributed by atoms with Gasteiger partial charge in [-0.2, -0.15) is 4.31 Å². The molecule has 1 heterocycles. The molecule has 0 unspecified atom stereocenters. The highest BCUT2D eigenvalue weighted by molar-refractivity contribution is 7.89. The predicted molar refractivity (Wildman–Crippen MR) is 71.2 cm³/mol. The van der Waals surface area contributed by atoms with Crippen molar-refractivity contribution >= 4 is 33.0 Å². The van der Waals surface area contributed by atoms with Gasteiger partial charge in [-0.15, -0.1) is 22.9 Å². The highest BCUT2D eigenvalue weighted by atomic mass is 35.5. The second kappa shape index (κ2) is 4.88. The van der Waals surface area contributed by atoms with Crippen molar-refractivity contribution in [3.63, 3.8) is 0 Å². The van der Waals surface area contributed by atoms with Gasteiger partial charge in [0.05, 0.1) is 10.8 Å². The molecule has 1 aliphatic rings. The third kappa shape index (κ3) is 2.52. The van der Waals surface area contributed by atoms with Crippen molar-refractivity contribution in [1.82, 2.24) is 4.31 Å². The van der Waals surface area contributed by atoms with Crippen LogP contribution in [-0.2, 0) is 15.9 Å². The quantitative estimate of drug-likeness (QED) is 0.783. The highest BCUT2D eigenvalue weighted by Crippen LogP contribution is 2.35.